The molecule has 4 heterocycles. The zero-order chi connectivity index (χ0) is 18.5. The van der Waals surface area contributed by atoms with Crippen LogP contribution in [0.3, 0.4) is 0 Å². The molecule has 0 radical (unpaired) electrons. The molecule has 136 valence electrons. The maximum absolute atomic E-state index is 9.42. The predicted octanol–water partition coefficient (Wildman–Crippen LogP) is 1.45. The number of pyridine rings is 1. The van der Waals surface area contributed by atoms with Crippen LogP contribution in [0.1, 0.15) is 12.5 Å². The van der Waals surface area contributed by atoms with Gasteiger partial charge in [-0.05, 0) is 24.8 Å². The lowest BCUT2D eigenvalue weighted by Gasteiger charge is -2.19. The van der Waals surface area contributed by atoms with Crippen LogP contribution in [0, 0.1) is 23.2 Å². The Balaban J connectivity index is 1.52. The first-order valence-electron chi connectivity index (χ1n) is 9.07. The molecule has 0 spiro atoms. The minimum absolute atomic E-state index is 0.356. The van der Waals surface area contributed by atoms with Gasteiger partial charge in [0.1, 0.15) is 17.6 Å². The summed E-state index contributed by atoms with van der Waals surface area (Å²) < 4.78 is 7.30. The van der Waals surface area contributed by atoms with E-state index < -0.39 is 0 Å². The van der Waals surface area contributed by atoms with E-state index in [9.17, 15) is 5.26 Å². The molecule has 1 saturated carbocycles. The third kappa shape index (κ3) is 2.51. The maximum Gasteiger partial charge on any atom is 0.147 e. The average molecular weight is 361 g/mol. The molecule has 2 aliphatic rings. The van der Waals surface area contributed by atoms with E-state index in [-0.39, 0.29) is 0 Å². The third-order valence-corrected chi connectivity index (χ3v) is 5.52. The molecule has 3 aromatic rings. The Morgan fingerprint density at radius 2 is 2.07 bits per heavy atom. The molecule has 2 fully saturated rings. The quantitative estimate of drug-likeness (QED) is 0.750. The maximum atomic E-state index is 9.42. The van der Waals surface area contributed by atoms with Crippen molar-refractivity contribution in [2.75, 3.05) is 24.6 Å². The van der Waals surface area contributed by atoms with Crippen molar-refractivity contribution in [1.29, 1.82) is 5.26 Å². The van der Waals surface area contributed by atoms with Crippen LogP contribution in [0.25, 0.3) is 16.8 Å². The predicted molar refractivity (Wildman–Crippen MR) is 99.3 cm³/mol. The number of anilines is 1. The fourth-order valence-electron chi connectivity index (χ4n) is 4.00. The number of nitrogens with zero attached hydrogens (tertiary/aromatic N) is 6. The van der Waals surface area contributed by atoms with E-state index in [4.69, 9.17) is 10.5 Å². The van der Waals surface area contributed by atoms with Crippen molar-refractivity contribution in [3.05, 3.63) is 36.4 Å². The SMILES string of the molecule is CCOc1cc(-c2cnc(N3C[C@@H]4C(N)[C@@H]4C3)cn2)c2c(C#N)cnn2c1. The van der Waals surface area contributed by atoms with E-state index in [1.165, 1.54) is 0 Å². The highest BCUT2D eigenvalue weighted by molar-refractivity contribution is 5.83. The van der Waals surface area contributed by atoms with Crippen molar-refractivity contribution < 1.29 is 4.74 Å². The van der Waals surface area contributed by atoms with Gasteiger partial charge in [-0.2, -0.15) is 10.4 Å². The fraction of sp³-hybridized carbons (Fsp3) is 0.368. The Labute approximate surface area is 156 Å². The van der Waals surface area contributed by atoms with Crippen LogP contribution in [-0.2, 0) is 0 Å². The van der Waals surface area contributed by atoms with E-state index in [2.05, 4.69) is 26.0 Å². The van der Waals surface area contributed by atoms with Crippen LogP contribution in [0.2, 0.25) is 0 Å². The summed E-state index contributed by atoms with van der Waals surface area (Å²) in [5.74, 6) is 2.73. The van der Waals surface area contributed by atoms with Gasteiger partial charge in [0, 0.05) is 24.7 Å². The minimum Gasteiger partial charge on any atom is -0.492 e. The second-order valence-electron chi connectivity index (χ2n) is 7.06. The average Bonchev–Trinajstić information content (AvgIpc) is 3.09. The lowest BCUT2D eigenvalue weighted by Crippen LogP contribution is -2.28. The van der Waals surface area contributed by atoms with Gasteiger partial charge in [-0.15, -0.1) is 0 Å². The Bertz CT molecular complexity index is 1040. The van der Waals surface area contributed by atoms with Crippen molar-refractivity contribution in [1.82, 2.24) is 19.6 Å². The molecule has 8 nitrogen and oxygen atoms in total. The molecule has 2 N–H and O–H groups in total. The van der Waals surface area contributed by atoms with Crippen LogP contribution in [0.5, 0.6) is 5.75 Å². The molecule has 27 heavy (non-hydrogen) atoms. The van der Waals surface area contributed by atoms with Crippen molar-refractivity contribution in [3.63, 3.8) is 0 Å². The third-order valence-electron chi connectivity index (χ3n) is 5.52. The van der Waals surface area contributed by atoms with E-state index in [1.54, 1.807) is 29.3 Å². The highest BCUT2D eigenvalue weighted by Gasteiger charge is 2.53. The highest BCUT2D eigenvalue weighted by atomic mass is 16.5. The molecule has 0 aromatic carbocycles. The molecule has 1 aliphatic carbocycles. The van der Waals surface area contributed by atoms with E-state index in [1.807, 2.05) is 13.0 Å². The summed E-state index contributed by atoms with van der Waals surface area (Å²) in [7, 11) is 0. The second-order valence-corrected chi connectivity index (χ2v) is 7.06. The number of nitrogens with two attached hydrogens (primary N) is 1. The van der Waals surface area contributed by atoms with Gasteiger partial charge in [-0.1, -0.05) is 0 Å². The number of rotatable bonds is 4. The molecule has 3 aromatic heterocycles. The van der Waals surface area contributed by atoms with Gasteiger partial charge >= 0.3 is 0 Å². The molecule has 1 unspecified atom stereocenters. The first-order valence-corrected chi connectivity index (χ1v) is 9.07. The van der Waals surface area contributed by atoms with Gasteiger partial charge in [0.2, 0.25) is 0 Å². The molecular weight excluding hydrogens is 342 g/mol. The van der Waals surface area contributed by atoms with Crippen molar-refractivity contribution in [3.8, 4) is 23.1 Å². The lowest BCUT2D eigenvalue weighted by molar-refractivity contribution is 0.338. The summed E-state index contributed by atoms with van der Waals surface area (Å²) in [6.07, 6.45) is 6.86. The Kier molecular flexibility index (Phi) is 3.52. The molecule has 0 amide bonds. The Morgan fingerprint density at radius 1 is 1.26 bits per heavy atom. The Morgan fingerprint density at radius 3 is 2.74 bits per heavy atom. The molecule has 0 bridgehead atoms. The van der Waals surface area contributed by atoms with Crippen molar-refractivity contribution in [2.24, 2.45) is 17.6 Å². The highest BCUT2D eigenvalue weighted by Crippen LogP contribution is 2.44. The summed E-state index contributed by atoms with van der Waals surface area (Å²) in [6, 6.07) is 4.43. The minimum atomic E-state index is 0.356. The van der Waals surface area contributed by atoms with E-state index >= 15 is 0 Å². The first kappa shape index (κ1) is 16.0. The largest absolute Gasteiger partial charge is 0.492 e. The standard InChI is InChI=1S/C19H19N7O/c1-2-27-12-3-13(19-11(4-20)5-24-26(19)8-12)16-6-23-17(7-22-16)25-9-14-15(10-25)18(14)21/h3,5-8,14-15,18H,2,9-10,21H2,1H3/t14-,15+,18?. The monoisotopic (exact) mass is 361 g/mol. The van der Waals surface area contributed by atoms with Gasteiger partial charge in [0.25, 0.3) is 0 Å². The van der Waals surface area contributed by atoms with Gasteiger partial charge < -0.3 is 15.4 Å². The fourth-order valence-corrected chi connectivity index (χ4v) is 4.00. The zero-order valence-corrected chi connectivity index (χ0v) is 14.9. The van der Waals surface area contributed by atoms with Crippen molar-refractivity contribution >= 4 is 11.3 Å². The zero-order valence-electron chi connectivity index (χ0n) is 14.9. The van der Waals surface area contributed by atoms with Gasteiger partial charge in [-0.25, -0.2) is 9.50 Å². The molecule has 8 heteroatoms. The number of aromatic nitrogens is 4. The summed E-state index contributed by atoms with van der Waals surface area (Å²) in [6.45, 7) is 4.37. The van der Waals surface area contributed by atoms with Crippen LogP contribution in [-0.4, -0.2) is 45.3 Å². The summed E-state index contributed by atoms with van der Waals surface area (Å²) in [5, 5.41) is 13.7. The normalized spacial score (nSPS) is 23.3. The molecule has 1 saturated heterocycles. The number of ether oxygens (including phenoxy) is 1. The summed E-state index contributed by atoms with van der Waals surface area (Å²) in [4.78, 5) is 11.5. The van der Waals surface area contributed by atoms with Gasteiger partial charge in [0.15, 0.2) is 0 Å². The smallest absolute Gasteiger partial charge is 0.147 e. The number of hydrogen-bond donors (Lipinski definition) is 1. The van der Waals surface area contributed by atoms with Crippen LogP contribution >= 0.6 is 0 Å². The lowest BCUT2D eigenvalue weighted by atomic mass is 10.1. The summed E-state index contributed by atoms with van der Waals surface area (Å²) >= 11 is 0. The van der Waals surface area contributed by atoms with E-state index in [0.29, 0.717) is 47.0 Å². The van der Waals surface area contributed by atoms with Crippen LogP contribution in [0.15, 0.2) is 30.9 Å². The number of piperidine rings is 1. The molecule has 1 aliphatic heterocycles. The van der Waals surface area contributed by atoms with Gasteiger partial charge in [0.05, 0.1) is 48.2 Å². The number of hydrogen-bond acceptors (Lipinski definition) is 7. The van der Waals surface area contributed by atoms with Crippen LogP contribution in [0.4, 0.5) is 5.82 Å². The molecule has 3 atom stereocenters. The topological polar surface area (TPSA) is 105 Å². The molecule has 5 rings (SSSR count). The molecular formula is C19H19N7O. The number of fused-ring (bicyclic) bond motifs is 2. The number of nitriles is 1. The second kappa shape index (κ2) is 5.93. The van der Waals surface area contributed by atoms with Gasteiger partial charge in [-0.3, -0.25) is 4.98 Å². The van der Waals surface area contributed by atoms with E-state index in [0.717, 1.165) is 24.5 Å². The van der Waals surface area contributed by atoms with Crippen LogP contribution < -0.4 is 15.4 Å². The Hall–Kier alpha value is -3.18. The first-order chi connectivity index (χ1) is 13.2. The van der Waals surface area contributed by atoms with Crippen molar-refractivity contribution in [2.45, 2.75) is 13.0 Å². The summed E-state index contributed by atoms with van der Waals surface area (Å²) in [5.41, 5.74) is 8.67.